The summed E-state index contributed by atoms with van der Waals surface area (Å²) in [5.74, 6) is -0.763. The number of nitrogens with zero attached hydrogens (tertiary/aromatic N) is 2. The molecule has 0 saturated carbocycles. The Labute approximate surface area is 118 Å². The molecule has 0 fully saturated rings. The Morgan fingerprint density at radius 3 is 2.50 bits per heavy atom. The minimum absolute atomic E-state index is 0.181. The minimum atomic E-state index is -0.966. The molecule has 1 atom stereocenters. The van der Waals surface area contributed by atoms with Crippen molar-refractivity contribution in [3.63, 3.8) is 0 Å². The number of anilines is 2. The molecule has 1 aromatic carbocycles. The van der Waals surface area contributed by atoms with Crippen LogP contribution in [0.15, 0.2) is 18.2 Å². The number of rotatable bonds is 3. The van der Waals surface area contributed by atoms with Crippen LogP contribution in [0.1, 0.15) is 31.7 Å². The molecule has 1 N–H and O–H groups in total. The molecular formula is C15H20N2O3. The topological polar surface area (TPSA) is 60.9 Å². The van der Waals surface area contributed by atoms with Crippen molar-refractivity contribution in [2.45, 2.75) is 32.2 Å². The van der Waals surface area contributed by atoms with Gasteiger partial charge in [0.1, 0.15) is 6.04 Å². The normalized spacial score (nSPS) is 18.4. The van der Waals surface area contributed by atoms with E-state index in [0.29, 0.717) is 5.92 Å². The van der Waals surface area contributed by atoms with Crippen molar-refractivity contribution < 1.29 is 14.7 Å². The highest BCUT2D eigenvalue weighted by atomic mass is 16.4. The summed E-state index contributed by atoms with van der Waals surface area (Å²) in [6, 6.07) is 5.33. The highest BCUT2D eigenvalue weighted by Gasteiger charge is 2.36. The van der Waals surface area contributed by atoms with E-state index < -0.39 is 12.0 Å². The summed E-state index contributed by atoms with van der Waals surface area (Å²) in [5, 5.41) is 8.98. The van der Waals surface area contributed by atoms with Crippen LogP contribution in [0.3, 0.4) is 0 Å². The van der Waals surface area contributed by atoms with Crippen molar-refractivity contribution in [3.8, 4) is 0 Å². The molecular weight excluding hydrogens is 256 g/mol. The van der Waals surface area contributed by atoms with Crippen LogP contribution in [-0.2, 0) is 9.59 Å². The number of amides is 1. The smallest absolute Gasteiger partial charge is 0.305 e. The van der Waals surface area contributed by atoms with Crippen LogP contribution in [0.25, 0.3) is 0 Å². The van der Waals surface area contributed by atoms with Crippen molar-refractivity contribution >= 4 is 23.3 Å². The van der Waals surface area contributed by atoms with E-state index in [1.807, 2.05) is 18.2 Å². The number of hydrogen-bond acceptors (Lipinski definition) is 3. The molecule has 1 aliphatic heterocycles. The van der Waals surface area contributed by atoms with Gasteiger partial charge in [-0.3, -0.25) is 9.59 Å². The van der Waals surface area contributed by atoms with Crippen molar-refractivity contribution in [1.29, 1.82) is 0 Å². The predicted octanol–water partition coefficient (Wildman–Crippen LogP) is 2.07. The van der Waals surface area contributed by atoms with Gasteiger partial charge >= 0.3 is 5.97 Å². The highest BCUT2D eigenvalue weighted by molar-refractivity contribution is 6.06. The van der Waals surface area contributed by atoms with Gasteiger partial charge in [-0.25, -0.2) is 0 Å². The first-order valence-electron chi connectivity index (χ1n) is 6.69. The second-order valence-electron chi connectivity index (χ2n) is 5.52. The lowest BCUT2D eigenvalue weighted by Gasteiger charge is -2.39. The van der Waals surface area contributed by atoms with Crippen LogP contribution in [-0.4, -0.2) is 37.1 Å². The van der Waals surface area contributed by atoms with Gasteiger partial charge in [0, 0.05) is 14.1 Å². The first-order chi connectivity index (χ1) is 9.32. The Hall–Kier alpha value is -2.04. The van der Waals surface area contributed by atoms with Gasteiger partial charge in [0.05, 0.1) is 17.8 Å². The summed E-state index contributed by atoms with van der Waals surface area (Å²) in [4.78, 5) is 26.6. The minimum Gasteiger partial charge on any atom is -0.481 e. The molecule has 5 nitrogen and oxygen atoms in total. The Kier molecular flexibility index (Phi) is 3.70. The highest BCUT2D eigenvalue weighted by Crippen LogP contribution is 2.37. The monoisotopic (exact) mass is 276 g/mol. The van der Waals surface area contributed by atoms with E-state index in [-0.39, 0.29) is 12.3 Å². The molecule has 108 valence electrons. The van der Waals surface area contributed by atoms with Gasteiger partial charge in [-0.15, -0.1) is 0 Å². The number of hydrogen-bond donors (Lipinski definition) is 1. The predicted molar refractivity (Wildman–Crippen MR) is 78.4 cm³/mol. The van der Waals surface area contributed by atoms with Gasteiger partial charge in [0.15, 0.2) is 0 Å². The maximum absolute atomic E-state index is 12.3. The zero-order valence-corrected chi connectivity index (χ0v) is 12.3. The van der Waals surface area contributed by atoms with Crippen LogP contribution in [0.5, 0.6) is 0 Å². The molecule has 0 spiro atoms. The van der Waals surface area contributed by atoms with Crippen molar-refractivity contribution in [3.05, 3.63) is 23.8 Å². The Bertz CT molecular complexity index is 554. The van der Waals surface area contributed by atoms with Crippen molar-refractivity contribution in [1.82, 2.24) is 0 Å². The summed E-state index contributed by atoms with van der Waals surface area (Å²) in [5.41, 5.74) is 2.90. The molecule has 0 saturated heterocycles. The first kappa shape index (κ1) is 14.4. The zero-order valence-electron chi connectivity index (χ0n) is 12.3. The molecule has 1 aliphatic rings. The molecule has 1 unspecified atom stereocenters. The van der Waals surface area contributed by atoms with E-state index in [2.05, 4.69) is 13.8 Å². The molecule has 0 bridgehead atoms. The summed E-state index contributed by atoms with van der Waals surface area (Å²) < 4.78 is 0. The maximum atomic E-state index is 12.3. The third-order valence-corrected chi connectivity index (χ3v) is 3.86. The second kappa shape index (κ2) is 5.15. The molecule has 5 heteroatoms. The lowest BCUT2D eigenvalue weighted by molar-refractivity contribution is -0.139. The number of benzene rings is 1. The van der Waals surface area contributed by atoms with E-state index in [1.165, 1.54) is 5.56 Å². The largest absolute Gasteiger partial charge is 0.481 e. The van der Waals surface area contributed by atoms with Gasteiger partial charge in [-0.2, -0.15) is 0 Å². The van der Waals surface area contributed by atoms with E-state index in [4.69, 9.17) is 5.11 Å². The fourth-order valence-electron chi connectivity index (χ4n) is 2.53. The number of carbonyl (C=O) groups excluding carboxylic acids is 1. The molecule has 2 rings (SSSR count). The lowest BCUT2D eigenvalue weighted by atomic mass is 9.98. The van der Waals surface area contributed by atoms with Gasteiger partial charge < -0.3 is 14.9 Å². The SMILES string of the molecule is CC(C)c1ccc2c(c1)N(C)C(CC(=O)O)C(=O)N2C. The molecule has 0 aromatic heterocycles. The standard InChI is InChI=1S/C15H20N2O3/c1-9(2)10-5-6-11-12(7-10)16(3)13(8-14(18)19)15(20)17(11)4/h5-7,9,13H,8H2,1-4H3,(H,18,19). The third-order valence-electron chi connectivity index (χ3n) is 3.86. The van der Waals surface area contributed by atoms with Gasteiger partial charge in [0.2, 0.25) is 5.91 Å². The molecule has 1 heterocycles. The zero-order chi connectivity index (χ0) is 15.0. The average molecular weight is 276 g/mol. The number of carboxylic acids is 1. The van der Waals surface area contributed by atoms with Gasteiger partial charge in [0.25, 0.3) is 0 Å². The van der Waals surface area contributed by atoms with Gasteiger partial charge in [-0.1, -0.05) is 19.9 Å². The summed E-state index contributed by atoms with van der Waals surface area (Å²) in [7, 11) is 3.47. The average Bonchev–Trinajstić information content (AvgIpc) is 2.40. The van der Waals surface area contributed by atoms with Crippen molar-refractivity contribution in [2.24, 2.45) is 0 Å². The number of carbonyl (C=O) groups is 2. The third kappa shape index (κ3) is 2.35. The number of aliphatic carboxylic acids is 1. The van der Waals surface area contributed by atoms with Gasteiger partial charge in [-0.05, 0) is 23.6 Å². The number of carboxylic acid groups (broad SMARTS) is 1. The fraction of sp³-hybridized carbons (Fsp3) is 0.467. The van der Waals surface area contributed by atoms with E-state index >= 15 is 0 Å². The quantitative estimate of drug-likeness (QED) is 0.918. The maximum Gasteiger partial charge on any atom is 0.305 e. The fourth-order valence-corrected chi connectivity index (χ4v) is 2.53. The second-order valence-corrected chi connectivity index (χ2v) is 5.52. The number of likely N-dealkylation sites (N-methyl/N-ethyl adjacent to an activating group) is 2. The Morgan fingerprint density at radius 2 is 1.95 bits per heavy atom. The first-order valence-corrected chi connectivity index (χ1v) is 6.69. The molecule has 20 heavy (non-hydrogen) atoms. The van der Waals surface area contributed by atoms with Crippen LogP contribution in [0.2, 0.25) is 0 Å². The summed E-state index contributed by atoms with van der Waals surface area (Å²) in [6.45, 7) is 4.21. The number of fused-ring (bicyclic) bond motifs is 1. The summed E-state index contributed by atoms with van der Waals surface area (Å²) >= 11 is 0. The van der Waals surface area contributed by atoms with Crippen LogP contribution in [0.4, 0.5) is 11.4 Å². The van der Waals surface area contributed by atoms with E-state index in [1.54, 1.807) is 23.9 Å². The molecule has 0 radical (unpaired) electrons. The Balaban J connectivity index is 2.47. The lowest BCUT2D eigenvalue weighted by Crippen LogP contribution is -2.51. The van der Waals surface area contributed by atoms with E-state index in [9.17, 15) is 9.59 Å². The Morgan fingerprint density at radius 1 is 1.30 bits per heavy atom. The van der Waals surface area contributed by atoms with Crippen LogP contribution >= 0.6 is 0 Å². The molecule has 0 aliphatic carbocycles. The summed E-state index contributed by atoms with van der Waals surface area (Å²) in [6.07, 6.45) is -0.189. The van der Waals surface area contributed by atoms with Crippen molar-refractivity contribution in [2.75, 3.05) is 23.9 Å². The molecule has 1 aromatic rings. The van der Waals surface area contributed by atoms with Crippen LogP contribution in [0, 0.1) is 0 Å². The van der Waals surface area contributed by atoms with Crippen LogP contribution < -0.4 is 9.80 Å². The molecule has 1 amide bonds. The van der Waals surface area contributed by atoms with E-state index in [0.717, 1.165) is 11.4 Å².